The minimum atomic E-state index is 0.599. The van der Waals surface area contributed by atoms with Crippen LogP contribution in [0.1, 0.15) is 6.92 Å². The van der Waals surface area contributed by atoms with Gasteiger partial charge in [-0.2, -0.15) is 0 Å². The van der Waals surface area contributed by atoms with Crippen LogP contribution in [0.2, 0.25) is 0 Å². The van der Waals surface area contributed by atoms with Crippen LogP contribution in [-0.4, -0.2) is 48.6 Å². The van der Waals surface area contributed by atoms with Crippen molar-refractivity contribution in [3.05, 3.63) is 18.5 Å². The Morgan fingerprint density at radius 2 is 2.27 bits per heavy atom. The van der Waals surface area contributed by atoms with Crippen LogP contribution in [0.5, 0.6) is 0 Å². The summed E-state index contributed by atoms with van der Waals surface area (Å²) in [6, 6.07) is 2.66. The summed E-state index contributed by atoms with van der Waals surface area (Å²) in [6.07, 6.45) is 3.93. The highest BCUT2D eigenvalue weighted by atomic mass is 15.2. The Balaban J connectivity index is 1.74. The normalized spacial score (nSPS) is 20.1. The number of piperazine rings is 1. The molecular weight excluding hydrogens is 188 g/mol. The Bertz CT molecular complexity index is 264. The van der Waals surface area contributed by atoms with E-state index >= 15 is 0 Å². The maximum atomic E-state index is 3.43. The fraction of sp³-hybridized carbons (Fsp3) is 0.636. The molecule has 0 aromatic carbocycles. The Morgan fingerprint density at radius 1 is 1.47 bits per heavy atom. The van der Waals surface area contributed by atoms with Gasteiger partial charge in [-0.3, -0.25) is 4.90 Å². The fourth-order valence-electron chi connectivity index (χ4n) is 1.95. The van der Waals surface area contributed by atoms with Crippen molar-refractivity contribution in [2.24, 2.45) is 0 Å². The molecule has 1 aromatic rings. The summed E-state index contributed by atoms with van der Waals surface area (Å²) in [5, 5.41) is 6.80. The molecule has 1 fully saturated rings. The highest BCUT2D eigenvalue weighted by Crippen LogP contribution is 2.06. The largest absolute Gasteiger partial charge is 0.382 e. The third-order valence-corrected chi connectivity index (χ3v) is 2.97. The van der Waals surface area contributed by atoms with Gasteiger partial charge in [0.15, 0.2) is 0 Å². The van der Waals surface area contributed by atoms with Crippen LogP contribution >= 0.6 is 0 Å². The maximum Gasteiger partial charge on any atom is 0.0518 e. The number of nitrogens with one attached hydrogen (secondary N) is 3. The van der Waals surface area contributed by atoms with Crippen molar-refractivity contribution in [2.45, 2.75) is 13.0 Å². The predicted octanol–water partition coefficient (Wildman–Crippen LogP) is 0.720. The van der Waals surface area contributed by atoms with Gasteiger partial charge in [-0.15, -0.1) is 0 Å². The van der Waals surface area contributed by atoms with Gasteiger partial charge in [0.05, 0.1) is 5.69 Å². The summed E-state index contributed by atoms with van der Waals surface area (Å²) < 4.78 is 0. The topological polar surface area (TPSA) is 43.1 Å². The summed E-state index contributed by atoms with van der Waals surface area (Å²) in [7, 11) is 0. The van der Waals surface area contributed by atoms with Gasteiger partial charge in [0.1, 0.15) is 0 Å². The van der Waals surface area contributed by atoms with E-state index in [4.69, 9.17) is 0 Å². The van der Waals surface area contributed by atoms with Crippen molar-refractivity contribution in [1.82, 2.24) is 15.2 Å². The minimum absolute atomic E-state index is 0.599. The number of hydrogen-bond donors (Lipinski definition) is 3. The predicted molar refractivity (Wildman–Crippen MR) is 63.2 cm³/mol. The quantitative estimate of drug-likeness (QED) is 0.683. The molecule has 84 valence electrons. The molecule has 1 aromatic heterocycles. The average Bonchev–Trinajstić information content (AvgIpc) is 2.80. The Hall–Kier alpha value is -1.00. The molecule has 1 saturated heterocycles. The second-order valence-electron chi connectivity index (χ2n) is 4.12. The molecule has 0 bridgehead atoms. The van der Waals surface area contributed by atoms with E-state index in [9.17, 15) is 0 Å². The SMILES string of the molecule is CC(CNc1cc[nH]c1)N1CCNCC1. The number of aromatic amines is 1. The van der Waals surface area contributed by atoms with Crippen LogP contribution in [0.25, 0.3) is 0 Å². The molecule has 4 heteroatoms. The van der Waals surface area contributed by atoms with Crippen molar-refractivity contribution in [3.63, 3.8) is 0 Å². The molecule has 15 heavy (non-hydrogen) atoms. The second kappa shape index (κ2) is 5.19. The summed E-state index contributed by atoms with van der Waals surface area (Å²) in [4.78, 5) is 5.57. The van der Waals surface area contributed by atoms with Gasteiger partial charge < -0.3 is 15.6 Å². The molecule has 0 saturated carbocycles. The van der Waals surface area contributed by atoms with Crippen molar-refractivity contribution in [1.29, 1.82) is 0 Å². The Morgan fingerprint density at radius 3 is 2.93 bits per heavy atom. The van der Waals surface area contributed by atoms with Crippen LogP contribution in [-0.2, 0) is 0 Å². The van der Waals surface area contributed by atoms with Crippen LogP contribution in [0.4, 0.5) is 5.69 Å². The van der Waals surface area contributed by atoms with E-state index in [1.54, 1.807) is 0 Å². The van der Waals surface area contributed by atoms with E-state index in [1.165, 1.54) is 5.69 Å². The molecule has 4 nitrogen and oxygen atoms in total. The van der Waals surface area contributed by atoms with Crippen molar-refractivity contribution in [2.75, 3.05) is 38.0 Å². The molecule has 0 spiro atoms. The number of H-pyrrole nitrogens is 1. The van der Waals surface area contributed by atoms with Crippen LogP contribution in [0.15, 0.2) is 18.5 Å². The number of rotatable bonds is 4. The van der Waals surface area contributed by atoms with E-state index in [0.717, 1.165) is 32.7 Å². The van der Waals surface area contributed by atoms with Crippen LogP contribution < -0.4 is 10.6 Å². The lowest BCUT2D eigenvalue weighted by Crippen LogP contribution is -2.49. The molecule has 0 amide bonds. The third-order valence-electron chi connectivity index (χ3n) is 2.97. The summed E-state index contributed by atoms with van der Waals surface area (Å²) in [6.45, 7) is 7.86. The molecule has 2 rings (SSSR count). The number of anilines is 1. The maximum absolute atomic E-state index is 3.43. The lowest BCUT2D eigenvalue weighted by atomic mass is 10.2. The van der Waals surface area contributed by atoms with Gasteiger partial charge in [-0.05, 0) is 13.0 Å². The van der Waals surface area contributed by atoms with Gasteiger partial charge in [-0.1, -0.05) is 0 Å². The smallest absolute Gasteiger partial charge is 0.0518 e. The van der Waals surface area contributed by atoms with E-state index in [0.29, 0.717) is 6.04 Å². The molecule has 1 unspecified atom stereocenters. The number of nitrogens with zero attached hydrogens (tertiary/aromatic N) is 1. The van der Waals surface area contributed by atoms with Crippen molar-refractivity contribution >= 4 is 5.69 Å². The van der Waals surface area contributed by atoms with Gasteiger partial charge in [0, 0.05) is 51.2 Å². The standard InChI is InChI=1S/C11H20N4/c1-10(15-6-4-12-5-7-15)8-14-11-2-3-13-9-11/h2-3,9-10,12-14H,4-8H2,1H3. The van der Waals surface area contributed by atoms with E-state index in [2.05, 4.69) is 33.5 Å². The lowest BCUT2D eigenvalue weighted by Gasteiger charge is -2.32. The summed E-state index contributed by atoms with van der Waals surface area (Å²) >= 11 is 0. The van der Waals surface area contributed by atoms with E-state index < -0.39 is 0 Å². The zero-order valence-electron chi connectivity index (χ0n) is 9.29. The molecule has 3 N–H and O–H groups in total. The Kier molecular flexibility index (Phi) is 3.64. The van der Waals surface area contributed by atoms with Gasteiger partial charge >= 0.3 is 0 Å². The highest BCUT2D eigenvalue weighted by molar-refractivity contribution is 5.40. The molecule has 2 heterocycles. The highest BCUT2D eigenvalue weighted by Gasteiger charge is 2.15. The lowest BCUT2D eigenvalue weighted by molar-refractivity contribution is 0.191. The fourth-order valence-corrected chi connectivity index (χ4v) is 1.95. The number of hydrogen-bond acceptors (Lipinski definition) is 3. The summed E-state index contributed by atoms with van der Waals surface area (Å²) in [5.41, 5.74) is 1.18. The van der Waals surface area contributed by atoms with Crippen LogP contribution in [0, 0.1) is 0 Å². The van der Waals surface area contributed by atoms with E-state index in [-0.39, 0.29) is 0 Å². The monoisotopic (exact) mass is 208 g/mol. The summed E-state index contributed by atoms with van der Waals surface area (Å²) in [5.74, 6) is 0. The molecule has 0 radical (unpaired) electrons. The second-order valence-corrected chi connectivity index (χ2v) is 4.12. The zero-order chi connectivity index (χ0) is 10.5. The third kappa shape index (κ3) is 2.97. The average molecular weight is 208 g/mol. The molecule has 1 aliphatic rings. The van der Waals surface area contributed by atoms with E-state index in [1.807, 2.05) is 12.4 Å². The van der Waals surface area contributed by atoms with Gasteiger partial charge in [0.25, 0.3) is 0 Å². The first-order valence-corrected chi connectivity index (χ1v) is 5.67. The number of aromatic nitrogens is 1. The first kappa shape index (κ1) is 10.5. The Labute approximate surface area is 91.0 Å². The van der Waals surface area contributed by atoms with Crippen LogP contribution in [0.3, 0.4) is 0 Å². The first-order valence-electron chi connectivity index (χ1n) is 5.67. The molecule has 0 aliphatic carbocycles. The zero-order valence-corrected chi connectivity index (χ0v) is 9.29. The van der Waals surface area contributed by atoms with Crippen molar-refractivity contribution in [3.8, 4) is 0 Å². The molecule has 1 atom stereocenters. The van der Waals surface area contributed by atoms with Gasteiger partial charge in [0.2, 0.25) is 0 Å². The van der Waals surface area contributed by atoms with Crippen molar-refractivity contribution < 1.29 is 0 Å². The first-order chi connectivity index (χ1) is 7.36. The van der Waals surface area contributed by atoms with Gasteiger partial charge in [-0.25, -0.2) is 0 Å². The minimum Gasteiger partial charge on any atom is -0.382 e. The molecular formula is C11H20N4. The molecule has 1 aliphatic heterocycles.